The van der Waals surface area contributed by atoms with Crippen LogP contribution in [0.4, 0.5) is 0 Å². The maximum Gasteiger partial charge on any atom is 0.228 e. The Balaban J connectivity index is 2.19. The summed E-state index contributed by atoms with van der Waals surface area (Å²) in [5.41, 5.74) is 0.987. The van der Waals surface area contributed by atoms with E-state index in [1.54, 1.807) is 11.1 Å². The fraction of sp³-hybridized carbons (Fsp3) is 0.625. The van der Waals surface area contributed by atoms with Crippen LogP contribution in [-0.4, -0.2) is 28.6 Å². The molecule has 0 aromatic rings. The number of aliphatic hydroxyl groups excluding tert-OH is 1. The monoisotopic (exact) mass is 153 g/mol. The molecule has 0 aromatic heterocycles. The van der Waals surface area contributed by atoms with Crippen molar-refractivity contribution < 1.29 is 9.90 Å². The van der Waals surface area contributed by atoms with Crippen molar-refractivity contribution in [2.75, 3.05) is 6.61 Å². The molecule has 2 aliphatic rings. The Morgan fingerprint density at radius 3 is 3.00 bits per heavy atom. The first-order chi connectivity index (χ1) is 5.24. The third-order valence-corrected chi connectivity index (χ3v) is 2.68. The lowest BCUT2D eigenvalue weighted by Crippen LogP contribution is -2.48. The first-order valence-corrected chi connectivity index (χ1v) is 3.86. The summed E-state index contributed by atoms with van der Waals surface area (Å²) in [6.07, 6.45) is 2.45. The molecule has 1 amide bonds. The molecule has 1 N–H and O–H groups in total. The van der Waals surface area contributed by atoms with Crippen LogP contribution in [0.15, 0.2) is 11.8 Å². The minimum atomic E-state index is 0.0848. The summed E-state index contributed by atoms with van der Waals surface area (Å²) in [5.74, 6) is 0.544. The van der Waals surface area contributed by atoms with Crippen molar-refractivity contribution in [3.8, 4) is 0 Å². The van der Waals surface area contributed by atoms with Gasteiger partial charge < -0.3 is 10.0 Å². The summed E-state index contributed by atoms with van der Waals surface area (Å²) < 4.78 is 0. The van der Waals surface area contributed by atoms with Crippen molar-refractivity contribution in [1.82, 2.24) is 4.90 Å². The van der Waals surface area contributed by atoms with Gasteiger partial charge in [-0.1, -0.05) is 6.92 Å². The van der Waals surface area contributed by atoms with E-state index in [0.29, 0.717) is 18.4 Å². The minimum Gasteiger partial charge on any atom is -0.392 e. The fourth-order valence-electron chi connectivity index (χ4n) is 1.77. The van der Waals surface area contributed by atoms with Crippen LogP contribution in [0.3, 0.4) is 0 Å². The smallest absolute Gasteiger partial charge is 0.228 e. The lowest BCUT2D eigenvalue weighted by atomic mass is 9.90. The molecule has 1 saturated heterocycles. The predicted molar refractivity (Wildman–Crippen MR) is 39.6 cm³/mol. The highest BCUT2D eigenvalue weighted by Gasteiger charge is 2.44. The van der Waals surface area contributed by atoms with E-state index in [1.807, 2.05) is 0 Å². The topological polar surface area (TPSA) is 40.5 Å². The normalized spacial score (nSPS) is 34.9. The fourth-order valence-corrected chi connectivity index (χ4v) is 1.77. The first kappa shape index (κ1) is 6.85. The largest absolute Gasteiger partial charge is 0.392 e. The van der Waals surface area contributed by atoms with E-state index in [0.717, 1.165) is 5.57 Å². The zero-order valence-corrected chi connectivity index (χ0v) is 6.45. The number of carbonyl (C=O) groups is 1. The summed E-state index contributed by atoms with van der Waals surface area (Å²) >= 11 is 0. The van der Waals surface area contributed by atoms with Crippen molar-refractivity contribution in [1.29, 1.82) is 0 Å². The summed E-state index contributed by atoms with van der Waals surface area (Å²) in [6.45, 7) is 2.14. The Hall–Kier alpha value is -0.830. The summed E-state index contributed by atoms with van der Waals surface area (Å²) in [4.78, 5) is 12.7. The van der Waals surface area contributed by atoms with Gasteiger partial charge in [0.25, 0.3) is 0 Å². The number of aliphatic hydroxyl groups is 1. The van der Waals surface area contributed by atoms with Gasteiger partial charge in [0.15, 0.2) is 0 Å². The molecule has 1 fully saturated rings. The Labute approximate surface area is 65.3 Å². The van der Waals surface area contributed by atoms with Crippen LogP contribution in [-0.2, 0) is 4.79 Å². The van der Waals surface area contributed by atoms with Crippen LogP contribution in [0.1, 0.15) is 13.3 Å². The van der Waals surface area contributed by atoms with E-state index >= 15 is 0 Å². The third kappa shape index (κ3) is 0.744. The molecule has 0 spiro atoms. The Kier molecular flexibility index (Phi) is 1.29. The maximum absolute atomic E-state index is 10.9. The molecule has 0 unspecified atom stereocenters. The molecular weight excluding hydrogens is 142 g/mol. The summed E-state index contributed by atoms with van der Waals surface area (Å²) in [7, 11) is 0. The van der Waals surface area contributed by atoms with Gasteiger partial charge in [-0.15, -0.1) is 0 Å². The Morgan fingerprint density at radius 2 is 2.55 bits per heavy atom. The number of rotatable bonds is 1. The molecule has 2 rings (SSSR count). The molecule has 3 heteroatoms. The molecule has 2 atom stereocenters. The molecule has 0 aliphatic carbocycles. The summed E-state index contributed by atoms with van der Waals surface area (Å²) in [5, 5.41) is 8.88. The van der Waals surface area contributed by atoms with Gasteiger partial charge >= 0.3 is 0 Å². The van der Waals surface area contributed by atoms with Gasteiger partial charge in [-0.2, -0.15) is 0 Å². The highest BCUT2D eigenvalue weighted by molar-refractivity contribution is 5.85. The van der Waals surface area contributed by atoms with Gasteiger partial charge in [0, 0.05) is 18.5 Å². The van der Waals surface area contributed by atoms with E-state index < -0.39 is 0 Å². The van der Waals surface area contributed by atoms with Gasteiger partial charge in [0.05, 0.1) is 12.6 Å². The van der Waals surface area contributed by atoms with Gasteiger partial charge in [0.2, 0.25) is 5.91 Å². The average Bonchev–Trinajstić information content (AvgIpc) is 2.24. The Morgan fingerprint density at radius 1 is 1.82 bits per heavy atom. The second-order valence-electron chi connectivity index (χ2n) is 3.22. The molecule has 60 valence electrons. The van der Waals surface area contributed by atoms with E-state index in [1.165, 1.54) is 0 Å². The van der Waals surface area contributed by atoms with E-state index in [9.17, 15) is 4.79 Å². The van der Waals surface area contributed by atoms with Crippen molar-refractivity contribution in [2.45, 2.75) is 19.4 Å². The number of amides is 1. The van der Waals surface area contributed by atoms with Crippen LogP contribution in [0.25, 0.3) is 0 Å². The van der Waals surface area contributed by atoms with Crippen LogP contribution in [0.2, 0.25) is 0 Å². The quantitative estimate of drug-likeness (QED) is 0.543. The molecule has 2 aliphatic heterocycles. The van der Waals surface area contributed by atoms with Crippen molar-refractivity contribution in [3.63, 3.8) is 0 Å². The van der Waals surface area contributed by atoms with Gasteiger partial charge in [-0.25, -0.2) is 0 Å². The first-order valence-electron chi connectivity index (χ1n) is 3.86. The maximum atomic E-state index is 10.9. The zero-order valence-electron chi connectivity index (χ0n) is 6.45. The van der Waals surface area contributed by atoms with E-state index in [-0.39, 0.29) is 12.5 Å². The highest BCUT2D eigenvalue weighted by atomic mass is 16.3. The standard InChI is InChI=1S/C8H11NO2/c1-5-6(4-10)3-9-7(5)2-8(9)11/h3,5,7,10H,2,4H2,1H3/t5-,7-/m0/s1. The SMILES string of the molecule is C[C@H]1C(CO)=CN2C(=O)C[C@@H]12. The number of fused-ring (bicyclic) bond motifs is 1. The second-order valence-corrected chi connectivity index (χ2v) is 3.22. The van der Waals surface area contributed by atoms with Gasteiger partial charge in [0.1, 0.15) is 0 Å². The van der Waals surface area contributed by atoms with E-state index in [4.69, 9.17) is 5.11 Å². The molecule has 11 heavy (non-hydrogen) atoms. The number of β-lactam (4-membered cyclic amide) rings is 1. The van der Waals surface area contributed by atoms with Crippen molar-refractivity contribution in [2.24, 2.45) is 5.92 Å². The molecule has 2 heterocycles. The number of carbonyl (C=O) groups excluding carboxylic acids is 1. The summed E-state index contributed by atoms with van der Waals surface area (Å²) in [6, 6.07) is 0.352. The molecule has 0 saturated carbocycles. The lowest BCUT2D eigenvalue weighted by Gasteiger charge is -2.35. The number of hydrogen-bond acceptors (Lipinski definition) is 2. The van der Waals surface area contributed by atoms with Crippen LogP contribution < -0.4 is 0 Å². The van der Waals surface area contributed by atoms with Crippen molar-refractivity contribution in [3.05, 3.63) is 11.8 Å². The predicted octanol–water partition coefficient (Wildman–Crippen LogP) is 0.113. The number of hydrogen-bond donors (Lipinski definition) is 1. The molecule has 0 radical (unpaired) electrons. The van der Waals surface area contributed by atoms with Gasteiger partial charge in [-0.05, 0) is 5.57 Å². The minimum absolute atomic E-state index is 0.0848. The average molecular weight is 153 g/mol. The highest BCUT2D eigenvalue weighted by Crippen LogP contribution is 2.36. The lowest BCUT2D eigenvalue weighted by molar-refractivity contribution is -0.141. The second kappa shape index (κ2) is 2.08. The van der Waals surface area contributed by atoms with Crippen LogP contribution >= 0.6 is 0 Å². The van der Waals surface area contributed by atoms with Gasteiger partial charge in [-0.3, -0.25) is 4.79 Å². The van der Waals surface area contributed by atoms with Crippen LogP contribution in [0.5, 0.6) is 0 Å². The molecular formula is C8H11NO2. The van der Waals surface area contributed by atoms with Crippen LogP contribution in [0, 0.1) is 5.92 Å². The molecule has 0 aromatic carbocycles. The molecule has 3 nitrogen and oxygen atoms in total. The zero-order chi connectivity index (χ0) is 8.01. The van der Waals surface area contributed by atoms with Crippen molar-refractivity contribution >= 4 is 5.91 Å². The van der Waals surface area contributed by atoms with E-state index in [2.05, 4.69) is 6.92 Å². The third-order valence-electron chi connectivity index (χ3n) is 2.68. The Bertz CT molecular complexity index is 234. The number of nitrogens with zero attached hydrogens (tertiary/aromatic N) is 1. The molecule has 0 bridgehead atoms.